The van der Waals surface area contributed by atoms with Gasteiger partial charge in [-0.1, -0.05) is 4.48 Å². The monoisotopic (exact) mass is 464 g/mol. The first-order valence-electron chi connectivity index (χ1n) is 11.0. The lowest BCUT2D eigenvalue weighted by Crippen LogP contribution is -2.46. The second kappa shape index (κ2) is 8.79. The van der Waals surface area contributed by atoms with Gasteiger partial charge in [0.2, 0.25) is 0 Å². The number of H-pyrrole nitrogens is 1. The molecule has 0 aliphatic carbocycles. The topological polar surface area (TPSA) is 86.2 Å². The SMILES string of the molecule is COc1cc(C(=O)N(C)F)ccc1N1CCN(Cc2cnc3c(c2)[nH]c(=O)n2cccc32)CC1. The van der Waals surface area contributed by atoms with Crippen molar-refractivity contribution in [2.24, 2.45) is 0 Å². The molecule has 1 N–H and O–H groups in total. The van der Waals surface area contributed by atoms with E-state index in [1.807, 2.05) is 24.4 Å². The van der Waals surface area contributed by atoms with Crippen LogP contribution in [0.25, 0.3) is 16.6 Å². The minimum absolute atomic E-state index is 0.0613. The molecule has 0 bridgehead atoms. The summed E-state index contributed by atoms with van der Waals surface area (Å²) in [7, 11) is 2.62. The molecule has 1 aromatic carbocycles. The Balaban J connectivity index is 1.28. The third kappa shape index (κ3) is 3.96. The molecule has 4 aromatic rings. The van der Waals surface area contributed by atoms with E-state index in [4.69, 9.17) is 4.74 Å². The fourth-order valence-electron chi connectivity index (χ4n) is 4.48. The molecule has 9 nitrogen and oxygen atoms in total. The van der Waals surface area contributed by atoms with Crippen LogP contribution in [-0.4, -0.2) is 70.6 Å². The normalized spacial score (nSPS) is 14.6. The van der Waals surface area contributed by atoms with Crippen LogP contribution in [0.2, 0.25) is 0 Å². The average molecular weight is 465 g/mol. The van der Waals surface area contributed by atoms with Crippen LogP contribution in [0.5, 0.6) is 5.75 Å². The minimum Gasteiger partial charge on any atom is -0.495 e. The van der Waals surface area contributed by atoms with Crippen LogP contribution >= 0.6 is 0 Å². The lowest BCUT2D eigenvalue weighted by atomic mass is 10.1. The molecule has 1 aliphatic rings. The number of carbonyl (C=O) groups excluding carboxylic acids is 1. The summed E-state index contributed by atoms with van der Waals surface area (Å²) >= 11 is 0. The standard InChI is InChI=1S/C24H25FN6O3/c1-28(25)23(32)17-5-6-19(21(13-17)34-2)30-10-8-29(9-11-30)15-16-12-18-22(26-14-16)20-4-3-7-31(20)24(33)27-18/h3-7,12-14H,8-11,15H2,1-2H3,(H,27,33). The van der Waals surface area contributed by atoms with Gasteiger partial charge < -0.3 is 14.6 Å². The molecule has 0 unspecified atom stereocenters. The lowest BCUT2D eigenvalue weighted by Gasteiger charge is -2.36. The Morgan fingerprint density at radius 3 is 2.74 bits per heavy atom. The van der Waals surface area contributed by atoms with E-state index in [2.05, 4.69) is 19.8 Å². The Labute approximate surface area is 194 Å². The second-order valence-corrected chi connectivity index (χ2v) is 8.37. The summed E-state index contributed by atoms with van der Waals surface area (Å²) in [6.07, 6.45) is 3.59. The van der Waals surface area contributed by atoms with Gasteiger partial charge in [-0.25, -0.2) is 4.79 Å². The molecule has 5 rings (SSSR count). The second-order valence-electron chi connectivity index (χ2n) is 8.37. The molecule has 0 saturated carbocycles. The number of aromatic amines is 1. The molecule has 176 valence electrons. The molecular formula is C24H25FN6O3. The molecular weight excluding hydrogens is 439 g/mol. The summed E-state index contributed by atoms with van der Waals surface area (Å²) in [5.74, 6) is -0.168. The number of anilines is 1. The maximum absolute atomic E-state index is 13.3. The van der Waals surface area contributed by atoms with Gasteiger partial charge in [-0.2, -0.15) is 5.12 Å². The highest BCUT2D eigenvalue weighted by Crippen LogP contribution is 2.31. The number of fused-ring (bicyclic) bond motifs is 3. The first-order chi connectivity index (χ1) is 16.4. The summed E-state index contributed by atoms with van der Waals surface area (Å²) in [5, 5.41) is 0.0613. The van der Waals surface area contributed by atoms with Crippen molar-refractivity contribution >= 4 is 28.1 Å². The van der Waals surface area contributed by atoms with Crippen molar-refractivity contribution < 1.29 is 14.0 Å². The number of rotatable bonds is 5. The number of methoxy groups -OCH3 is 1. The Bertz CT molecular complexity index is 1420. The first-order valence-corrected chi connectivity index (χ1v) is 11.0. The highest BCUT2D eigenvalue weighted by Gasteiger charge is 2.22. The smallest absolute Gasteiger partial charge is 0.330 e. The van der Waals surface area contributed by atoms with Crippen molar-refractivity contribution in [1.29, 1.82) is 0 Å². The Hall–Kier alpha value is -3.92. The number of ether oxygens (including phenoxy) is 1. The molecule has 10 heteroatoms. The number of halogens is 1. The molecule has 0 atom stereocenters. The highest BCUT2D eigenvalue weighted by atomic mass is 19.2. The van der Waals surface area contributed by atoms with Crippen molar-refractivity contribution in [3.8, 4) is 5.75 Å². The highest BCUT2D eigenvalue weighted by molar-refractivity contribution is 5.94. The zero-order valence-corrected chi connectivity index (χ0v) is 19.0. The largest absolute Gasteiger partial charge is 0.495 e. The zero-order valence-electron chi connectivity index (χ0n) is 19.0. The maximum Gasteiger partial charge on any atom is 0.330 e. The van der Waals surface area contributed by atoms with Crippen LogP contribution in [0, 0.1) is 0 Å². The van der Waals surface area contributed by atoms with Crippen molar-refractivity contribution in [2.45, 2.75) is 6.54 Å². The summed E-state index contributed by atoms with van der Waals surface area (Å²) in [5.41, 5.74) is 4.25. The molecule has 0 radical (unpaired) electrons. The number of benzene rings is 1. The summed E-state index contributed by atoms with van der Waals surface area (Å²) in [6.45, 7) is 3.91. The predicted octanol–water partition coefficient (Wildman–Crippen LogP) is 2.46. The van der Waals surface area contributed by atoms with Gasteiger partial charge in [0.25, 0.3) is 5.91 Å². The van der Waals surface area contributed by atoms with E-state index in [-0.39, 0.29) is 16.4 Å². The van der Waals surface area contributed by atoms with Crippen LogP contribution in [0.15, 0.2) is 53.6 Å². The van der Waals surface area contributed by atoms with Crippen LogP contribution in [-0.2, 0) is 6.54 Å². The quantitative estimate of drug-likeness (QED) is 0.457. The van der Waals surface area contributed by atoms with Crippen LogP contribution < -0.4 is 15.3 Å². The van der Waals surface area contributed by atoms with E-state index < -0.39 is 5.91 Å². The number of nitrogens with zero attached hydrogens (tertiary/aromatic N) is 5. The number of amides is 1. The fourth-order valence-corrected chi connectivity index (χ4v) is 4.48. The van der Waals surface area contributed by atoms with Crippen LogP contribution in [0.4, 0.5) is 10.2 Å². The summed E-state index contributed by atoms with van der Waals surface area (Å²) < 4.78 is 20.3. The van der Waals surface area contributed by atoms with Crippen molar-refractivity contribution in [2.75, 3.05) is 45.2 Å². The molecule has 0 spiro atoms. The Morgan fingerprint density at radius 2 is 2.00 bits per heavy atom. The fraction of sp³-hybridized carbons (Fsp3) is 0.292. The lowest BCUT2D eigenvalue weighted by molar-refractivity contribution is 0.0343. The van der Waals surface area contributed by atoms with E-state index in [9.17, 15) is 14.1 Å². The van der Waals surface area contributed by atoms with Gasteiger partial charge in [0.05, 0.1) is 23.8 Å². The number of hydrogen-bond donors (Lipinski definition) is 1. The minimum atomic E-state index is -0.710. The predicted molar refractivity (Wildman–Crippen MR) is 127 cm³/mol. The van der Waals surface area contributed by atoms with Crippen molar-refractivity contribution in [1.82, 2.24) is 24.4 Å². The van der Waals surface area contributed by atoms with Gasteiger partial charge in [0.15, 0.2) is 0 Å². The molecule has 1 saturated heterocycles. The molecule has 3 aromatic heterocycles. The molecule has 1 fully saturated rings. The average Bonchev–Trinajstić information content (AvgIpc) is 3.34. The number of aromatic nitrogens is 3. The summed E-state index contributed by atoms with van der Waals surface area (Å²) in [4.78, 5) is 36.2. The number of pyridine rings is 1. The first kappa shape index (κ1) is 21.9. The number of nitrogens with one attached hydrogen (secondary N) is 1. The number of piperazine rings is 1. The van der Waals surface area contributed by atoms with Gasteiger partial charge in [-0.3, -0.25) is 19.1 Å². The Morgan fingerprint density at radius 1 is 1.21 bits per heavy atom. The van der Waals surface area contributed by atoms with E-state index in [0.29, 0.717) is 5.75 Å². The Kier molecular flexibility index (Phi) is 5.66. The number of carbonyl (C=O) groups is 1. The third-order valence-electron chi connectivity index (χ3n) is 6.22. The van der Waals surface area contributed by atoms with E-state index >= 15 is 0 Å². The van der Waals surface area contributed by atoms with E-state index in [1.165, 1.54) is 0 Å². The molecule has 34 heavy (non-hydrogen) atoms. The summed E-state index contributed by atoms with van der Waals surface area (Å²) in [6, 6.07) is 10.7. The van der Waals surface area contributed by atoms with E-state index in [0.717, 1.165) is 67.6 Å². The molecule has 1 amide bonds. The van der Waals surface area contributed by atoms with Gasteiger partial charge in [0, 0.05) is 57.7 Å². The number of hydrogen-bond acceptors (Lipinski definition) is 6. The van der Waals surface area contributed by atoms with Gasteiger partial charge in [-0.15, -0.1) is 0 Å². The van der Waals surface area contributed by atoms with Crippen LogP contribution in [0.1, 0.15) is 15.9 Å². The molecule has 1 aliphatic heterocycles. The van der Waals surface area contributed by atoms with Gasteiger partial charge >= 0.3 is 5.69 Å². The third-order valence-corrected chi connectivity index (χ3v) is 6.22. The van der Waals surface area contributed by atoms with Gasteiger partial charge in [-0.05, 0) is 42.0 Å². The maximum atomic E-state index is 13.3. The van der Waals surface area contributed by atoms with Crippen molar-refractivity contribution in [3.63, 3.8) is 0 Å². The molecule has 4 heterocycles. The van der Waals surface area contributed by atoms with Crippen LogP contribution in [0.3, 0.4) is 0 Å². The van der Waals surface area contributed by atoms with Gasteiger partial charge in [0.1, 0.15) is 11.3 Å². The zero-order chi connectivity index (χ0) is 23.8. The van der Waals surface area contributed by atoms with Crippen molar-refractivity contribution in [3.05, 3.63) is 70.4 Å². The van der Waals surface area contributed by atoms with E-state index in [1.54, 1.807) is 35.9 Å².